The fourth-order valence-corrected chi connectivity index (χ4v) is 2.31. The van der Waals surface area contributed by atoms with E-state index in [9.17, 15) is 14.8 Å². The Balaban J connectivity index is 2.52. The molecule has 0 amide bonds. The van der Waals surface area contributed by atoms with Crippen LogP contribution in [0.5, 0.6) is 11.5 Å². The number of allylic oxidation sites excluding steroid dienone is 6. The standard InChI is InChI=1S/C21H25NO4/c1-4-5-6-9-16(2)10-7-8-11-18(23)13-12-17-14-19(24)21(22-25)20(15-17)26-3/h4-6,9,12-15,24H,1,7-8,10-11H2,2-3H3/b6-5-,13-12+,16-9+. The summed E-state index contributed by atoms with van der Waals surface area (Å²) in [4.78, 5) is 22.6. The van der Waals surface area contributed by atoms with E-state index in [0.29, 0.717) is 12.0 Å². The van der Waals surface area contributed by atoms with Crippen LogP contribution in [0.25, 0.3) is 6.08 Å². The van der Waals surface area contributed by atoms with Crippen LogP contribution in [0.1, 0.15) is 38.2 Å². The van der Waals surface area contributed by atoms with Crippen LogP contribution in [-0.2, 0) is 4.79 Å². The minimum atomic E-state index is -0.279. The summed E-state index contributed by atoms with van der Waals surface area (Å²) in [7, 11) is 1.38. The van der Waals surface area contributed by atoms with Crippen LogP contribution in [0.4, 0.5) is 5.69 Å². The fraction of sp³-hybridized carbons (Fsp3) is 0.286. The monoisotopic (exact) mass is 355 g/mol. The van der Waals surface area contributed by atoms with E-state index in [-0.39, 0.29) is 23.0 Å². The molecule has 5 heteroatoms. The van der Waals surface area contributed by atoms with Crippen LogP contribution in [0.3, 0.4) is 0 Å². The van der Waals surface area contributed by atoms with Gasteiger partial charge in [0.25, 0.3) is 0 Å². The molecule has 5 nitrogen and oxygen atoms in total. The number of hydrogen-bond donors (Lipinski definition) is 1. The van der Waals surface area contributed by atoms with Gasteiger partial charge in [0.2, 0.25) is 0 Å². The number of carbonyl (C=O) groups excluding carboxylic acids is 1. The van der Waals surface area contributed by atoms with Crippen LogP contribution in [0.15, 0.2) is 59.8 Å². The molecular formula is C21H25NO4. The van der Waals surface area contributed by atoms with Gasteiger partial charge in [-0.1, -0.05) is 42.5 Å². The highest BCUT2D eigenvalue weighted by Gasteiger charge is 2.10. The first kappa shape index (κ1) is 21.1. The normalized spacial score (nSPS) is 11.8. The van der Waals surface area contributed by atoms with Gasteiger partial charge in [-0.05, 0) is 55.1 Å². The molecule has 0 radical (unpaired) electrons. The third kappa shape index (κ3) is 7.30. The van der Waals surface area contributed by atoms with Gasteiger partial charge in [0, 0.05) is 6.42 Å². The number of nitroso groups, excluding NO2 is 1. The topological polar surface area (TPSA) is 76.0 Å². The van der Waals surface area contributed by atoms with Crippen molar-refractivity contribution in [2.75, 3.05) is 7.11 Å². The van der Waals surface area contributed by atoms with Gasteiger partial charge >= 0.3 is 0 Å². The first-order chi connectivity index (χ1) is 12.5. The molecule has 0 saturated carbocycles. The number of hydrogen-bond acceptors (Lipinski definition) is 5. The largest absolute Gasteiger partial charge is 0.505 e. The molecule has 0 aliphatic carbocycles. The van der Waals surface area contributed by atoms with Crippen molar-refractivity contribution >= 4 is 17.5 Å². The number of nitrogens with zero attached hydrogens (tertiary/aromatic N) is 1. The lowest BCUT2D eigenvalue weighted by Crippen LogP contribution is -1.93. The van der Waals surface area contributed by atoms with Gasteiger partial charge < -0.3 is 9.84 Å². The molecule has 1 aromatic carbocycles. The van der Waals surface area contributed by atoms with Crippen LogP contribution in [0.2, 0.25) is 0 Å². The zero-order chi connectivity index (χ0) is 19.4. The third-order valence-electron chi connectivity index (χ3n) is 3.72. The van der Waals surface area contributed by atoms with Crippen molar-refractivity contribution < 1.29 is 14.6 Å². The summed E-state index contributed by atoms with van der Waals surface area (Å²) < 4.78 is 5.01. The molecule has 0 unspecified atom stereocenters. The molecule has 0 aliphatic heterocycles. The Hall–Kier alpha value is -2.95. The number of phenols is 1. The summed E-state index contributed by atoms with van der Waals surface area (Å²) in [6.07, 6.45) is 13.8. The Morgan fingerprint density at radius 3 is 2.65 bits per heavy atom. The lowest BCUT2D eigenvalue weighted by Gasteiger charge is -2.05. The van der Waals surface area contributed by atoms with Gasteiger partial charge in [-0.15, -0.1) is 4.91 Å². The second kappa shape index (κ2) is 11.6. The van der Waals surface area contributed by atoms with Gasteiger partial charge in [-0.3, -0.25) is 4.79 Å². The van der Waals surface area contributed by atoms with Crippen molar-refractivity contribution in [1.82, 2.24) is 0 Å². The van der Waals surface area contributed by atoms with E-state index in [1.54, 1.807) is 18.2 Å². The van der Waals surface area contributed by atoms with Gasteiger partial charge in [0.05, 0.1) is 7.11 Å². The molecule has 0 bridgehead atoms. The second-order valence-electron chi connectivity index (χ2n) is 5.82. The van der Waals surface area contributed by atoms with Crippen molar-refractivity contribution in [2.24, 2.45) is 5.18 Å². The second-order valence-corrected chi connectivity index (χ2v) is 5.82. The molecule has 0 fully saturated rings. The van der Waals surface area contributed by atoms with E-state index >= 15 is 0 Å². The minimum Gasteiger partial charge on any atom is -0.505 e. The van der Waals surface area contributed by atoms with Crippen molar-refractivity contribution in [1.29, 1.82) is 0 Å². The van der Waals surface area contributed by atoms with Crippen molar-refractivity contribution in [3.63, 3.8) is 0 Å². The third-order valence-corrected chi connectivity index (χ3v) is 3.72. The van der Waals surface area contributed by atoms with E-state index in [2.05, 4.69) is 18.7 Å². The average molecular weight is 355 g/mol. The van der Waals surface area contributed by atoms with Crippen LogP contribution in [-0.4, -0.2) is 18.0 Å². The predicted molar refractivity (Wildman–Crippen MR) is 106 cm³/mol. The summed E-state index contributed by atoms with van der Waals surface area (Å²) >= 11 is 0. The number of unbranched alkanes of at least 4 members (excludes halogenated alkanes) is 1. The number of ether oxygens (including phenoxy) is 1. The maximum absolute atomic E-state index is 11.9. The lowest BCUT2D eigenvalue weighted by molar-refractivity contribution is -0.114. The molecule has 138 valence electrons. The number of phenolic OH excluding ortho intramolecular Hbond substituents is 1. The van der Waals surface area contributed by atoms with Crippen LogP contribution < -0.4 is 4.74 Å². The molecule has 0 aliphatic rings. The highest BCUT2D eigenvalue weighted by Crippen LogP contribution is 2.37. The Bertz CT molecular complexity index is 730. The molecule has 0 atom stereocenters. The van der Waals surface area contributed by atoms with Crippen molar-refractivity contribution in [3.05, 3.63) is 65.1 Å². The van der Waals surface area contributed by atoms with Crippen molar-refractivity contribution in [2.45, 2.75) is 32.6 Å². The Labute approximate surface area is 154 Å². The smallest absolute Gasteiger partial charge is 0.191 e. The van der Waals surface area contributed by atoms with Gasteiger partial charge in [-0.25, -0.2) is 0 Å². The van der Waals surface area contributed by atoms with E-state index in [0.717, 1.165) is 19.3 Å². The molecule has 0 aromatic heterocycles. The first-order valence-corrected chi connectivity index (χ1v) is 8.42. The Kier molecular flexibility index (Phi) is 9.39. The van der Waals surface area contributed by atoms with E-state index in [1.807, 2.05) is 18.2 Å². The quantitative estimate of drug-likeness (QED) is 0.241. The fourth-order valence-electron chi connectivity index (χ4n) is 2.31. The maximum atomic E-state index is 11.9. The molecular weight excluding hydrogens is 330 g/mol. The molecule has 0 saturated heterocycles. The number of aromatic hydroxyl groups is 1. The molecule has 26 heavy (non-hydrogen) atoms. The molecule has 1 N–H and O–H groups in total. The van der Waals surface area contributed by atoms with Crippen molar-refractivity contribution in [3.8, 4) is 11.5 Å². The van der Waals surface area contributed by atoms with Crippen LogP contribution >= 0.6 is 0 Å². The zero-order valence-electron chi connectivity index (χ0n) is 15.3. The molecule has 1 rings (SSSR count). The Morgan fingerprint density at radius 2 is 2.00 bits per heavy atom. The zero-order valence-corrected chi connectivity index (χ0v) is 15.3. The van der Waals surface area contributed by atoms with E-state index in [1.165, 1.54) is 24.8 Å². The number of rotatable bonds is 11. The highest BCUT2D eigenvalue weighted by molar-refractivity contribution is 5.93. The van der Waals surface area contributed by atoms with Gasteiger partial charge in [-0.2, -0.15) is 0 Å². The molecule has 1 aromatic rings. The summed E-state index contributed by atoms with van der Waals surface area (Å²) in [5, 5.41) is 12.5. The first-order valence-electron chi connectivity index (χ1n) is 8.42. The summed E-state index contributed by atoms with van der Waals surface area (Å²) in [5.41, 5.74) is 1.67. The highest BCUT2D eigenvalue weighted by atomic mass is 16.5. The number of methoxy groups -OCH3 is 1. The predicted octanol–water partition coefficient (Wildman–Crippen LogP) is 5.63. The summed E-state index contributed by atoms with van der Waals surface area (Å²) in [5.74, 6) is -0.103. The number of benzene rings is 1. The van der Waals surface area contributed by atoms with Crippen LogP contribution in [0, 0.1) is 4.91 Å². The van der Waals surface area contributed by atoms with Gasteiger partial charge in [0.15, 0.2) is 17.2 Å². The molecule has 0 heterocycles. The lowest BCUT2D eigenvalue weighted by atomic mass is 10.1. The SMILES string of the molecule is C=C/C=C\C=C(/C)CCCCC(=O)/C=C/c1cc(O)c(N=O)c(OC)c1. The van der Waals surface area contributed by atoms with E-state index < -0.39 is 0 Å². The minimum absolute atomic E-state index is 0.00855. The maximum Gasteiger partial charge on any atom is 0.191 e. The Morgan fingerprint density at radius 1 is 1.27 bits per heavy atom. The summed E-state index contributed by atoms with van der Waals surface area (Å²) in [6, 6.07) is 2.92. The number of ketones is 1. The average Bonchev–Trinajstić information content (AvgIpc) is 2.63. The summed E-state index contributed by atoms with van der Waals surface area (Å²) in [6.45, 7) is 5.68. The number of carbonyl (C=O) groups is 1. The van der Waals surface area contributed by atoms with Gasteiger partial charge in [0.1, 0.15) is 5.75 Å². The van der Waals surface area contributed by atoms with E-state index in [4.69, 9.17) is 4.74 Å². The molecule has 0 spiro atoms.